The topological polar surface area (TPSA) is 159 Å². The van der Waals surface area contributed by atoms with Gasteiger partial charge in [0.2, 0.25) is 0 Å². The molecular weight excluding hydrogens is 568 g/mol. The minimum Gasteiger partial charge on any atom is -0.493 e. The Morgan fingerprint density at radius 3 is 1.98 bits per heavy atom. The fourth-order valence-electron chi connectivity index (χ4n) is 4.26. The van der Waals surface area contributed by atoms with Gasteiger partial charge in [0.05, 0.1) is 7.11 Å². The summed E-state index contributed by atoms with van der Waals surface area (Å²) in [6.45, 7) is 3.72. The number of rotatable bonds is 13. The molecule has 1 aliphatic rings. The number of ether oxygens (including phenoxy) is 8. The molecule has 1 aliphatic heterocycles. The molecule has 13 heteroatoms. The van der Waals surface area contributed by atoms with Crippen LogP contribution in [0, 0.1) is 0 Å². The van der Waals surface area contributed by atoms with Crippen LogP contribution < -0.4 is 9.47 Å². The van der Waals surface area contributed by atoms with Crippen LogP contribution in [-0.2, 0) is 54.2 Å². The zero-order chi connectivity index (χ0) is 31.5. The van der Waals surface area contributed by atoms with Crippen molar-refractivity contribution in [3.63, 3.8) is 0 Å². The van der Waals surface area contributed by atoms with Gasteiger partial charge in [-0.25, -0.2) is 0 Å². The Morgan fingerprint density at radius 2 is 1.37 bits per heavy atom. The van der Waals surface area contributed by atoms with E-state index in [2.05, 4.69) is 0 Å². The van der Waals surface area contributed by atoms with Crippen molar-refractivity contribution in [3.8, 4) is 11.5 Å². The first-order valence-electron chi connectivity index (χ1n) is 13.3. The number of Topliss-reactive ketones (excluding diaryl/α,β-unsaturated/α-hetero) is 1. The van der Waals surface area contributed by atoms with Crippen LogP contribution in [0.5, 0.6) is 11.5 Å². The maximum Gasteiger partial charge on any atom is 0.303 e. The van der Waals surface area contributed by atoms with E-state index < -0.39 is 73.6 Å². The summed E-state index contributed by atoms with van der Waals surface area (Å²) in [5.41, 5.74) is 1.13. The highest BCUT2D eigenvalue weighted by Crippen LogP contribution is 2.31. The van der Waals surface area contributed by atoms with Crippen molar-refractivity contribution in [3.05, 3.63) is 59.7 Å². The molecule has 0 radical (unpaired) electrons. The van der Waals surface area contributed by atoms with E-state index in [9.17, 15) is 24.0 Å². The Bertz CT molecular complexity index is 1290. The van der Waals surface area contributed by atoms with E-state index in [1.165, 1.54) is 19.2 Å². The van der Waals surface area contributed by atoms with Crippen molar-refractivity contribution in [1.29, 1.82) is 0 Å². The molecule has 0 saturated carbocycles. The molecule has 2 aromatic rings. The van der Waals surface area contributed by atoms with Crippen LogP contribution in [0.2, 0.25) is 0 Å². The van der Waals surface area contributed by atoms with E-state index in [1.54, 1.807) is 6.07 Å². The van der Waals surface area contributed by atoms with Crippen LogP contribution in [0.15, 0.2) is 48.5 Å². The Kier molecular flexibility index (Phi) is 12.0. The van der Waals surface area contributed by atoms with Crippen molar-refractivity contribution < 1.29 is 61.9 Å². The number of methoxy groups -OCH3 is 1. The SMILES string of the molecule is COc1ccc(C(=O)CO[C@@H]2O[C@H](COC(C)=O)[C@@H](OC(C)=O)[C@H](OC(C)=O)[C@H]2OC(C)=O)cc1OCc1ccccc1. The van der Waals surface area contributed by atoms with Gasteiger partial charge in [0.15, 0.2) is 41.9 Å². The Morgan fingerprint density at radius 1 is 0.744 bits per heavy atom. The van der Waals surface area contributed by atoms with Gasteiger partial charge in [-0.15, -0.1) is 0 Å². The van der Waals surface area contributed by atoms with Crippen molar-refractivity contribution >= 4 is 29.7 Å². The molecule has 0 amide bonds. The predicted molar refractivity (Wildman–Crippen MR) is 146 cm³/mol. The molecule has 0 unspecified atom stereocenters. The van der Waals surface area contributed by atoms with Crippen molar-refractivity contribution in [2.24, 2.45) is 0 Å². The van der Waals surface area contributed by atoms with Crippen LogP contribution in [-0.4, -0.2) is 80.7 Å². The molecule has 5 atom stereocenters. The number of hydrogen-bond donors (Lipinski definition) is 0. The molecule has 43 heavy (non-hydrogen) atoms. The van der Waals surface area contributed by atoms with Gasteiger partial charge >= 0.3 is 23.9 Å². The van der Waals surface area contributed by atoms with E-state index in [4.69, 9.17) is 37.9 Å². The molecule has 0 bridgehead atoms. The minimum atomic E-state index is -1.49. The summed E-state index contributed by atoms with van der Waals surface area (Å²) in [5.74, 6) is -2.77. The van der Waals surface area contributed by atoms with E-state index >= 15 is 0 Å². The number of carbonyl (C=O) groups is 5. The third-order valence-electron chi connectivity index (χ3n) is 6.05. The Balaban J connectivity index is 1.83. The van der Waals surface area contributed by atoms with E-state index in [0.717, 1.165) is 33.3 Å². The highest BCUT2D eigenvalue weighted by molar-refractivity contribution is 5.97. The van der Waals surface area contributed by atoms with Crippen LogP contribution in [0.1, 0.15) is 43.6 Å². The summed E-state index contributed by atoms with van der Waals surface area (Å²) in [7, 11) is 1.47. The van der Waals surface area contributed by atoms with E-state index in [-0.39, 0.29) is 12.2 Å². The van der Waals surface area contributed by atoms with Gasteiger partial charge in [-0.05, 0) is 23.8 Å². The van der Waals surface area contributed by atoms with Crippen LogP contribution in [0.4, 0.5) is 0 Å². The van der Waals surface area contributed by atoms with Gasteiger partial charge in [-0.2, -0.15) is 0 Å². The minimum absolute atomic E-state index is 0.217. The fraction of sp³-hybridized carbons (Fsp3) is 0.433. The molecule has 1 saturated heterocycles. The van der Waals surface area contributed by atoms with Crippen LogP contribution >= 0.6 is 0 Å². The fourth-order valence-corrected chi connectivity index (χ4v) is 4.26. The largest absolute Gasteiger partial charge is 0.493 e. The first kappa shape index (κ1) is 33.0. The van der Waals surface area contributed by atoms with Crippen molar-refractivity contribution in [2.75, 3.05) is 20.3 Å². The van der Waals surface area contributed by atoms with Crippen molar-refractivity contribution in [2.45, 2.75) is 65.0 Å². The number of esters is 4. The summed E-state index contributed by atoms with van der Waals surface area (Å²) < 4.78 is 43.9. The number of carbonyl (C=O) groups excluding carboxylic acids is 5. The summed E-state index contributed by atoms with van der Waals surface area (Å²) in [5, 5.41) is 0. The van der Waals surface area contributed by atoms with Gasteiger partial charge in [-0.1, -0.05) is 30.3 Å². The third kappa shape index (κ3) is 9.79. The molecule has 0 spiro atoms. The predicted octanol–water partition coefficient (Wildman–Crippen LogP) is 2.56. The molecule has 232 valence electrons. The summed E-state index contributed by atoms with van der Waals surface area (Å²) in [4.78, 5) is 60.6. The molecular formula is C30H34O13. The number of hydrogen-bond acceptors (Lipinski definition) is 13. The summed E-state index contributed by atoms with van der Waals surface area (Å²) >= 11 is 0. The van der Waals surface area contributed by atoms with Gasteiger partial charge in [0, 0.05) is 33.3 Å². The van der Waals surface area contributed by atoms with Gasteiger partial charge in [0.1, 0.15) is 25.9 Å². The highest BCUT2D eigenvalue weighted by atomic mass is 16.7. The molecule has 13 nitrogen and oxygen atoms in total. The Labute approximate surface area is 248 Å². The van der Waals surface area contributed by atoms with E-state index in [1.807, 2.05) is 30.3 Å². The second kappa shape index (κ2) is 15.7. The highest BCUT2D eigenvalue weighted by Gasteiger charge is 2.52. The standard InChI is InChI=1S/C30H34O13/c1-17(31)37-16-26-27(40-18(2)32)28(41-19(3)33)29(42-20(4)34)30(43-26)39-15-23(35)22-11-12-24(36-5)25(13-22)38-14-21-9-7-6-8-10-21/h6-13,26-30H,14-16H2,1-5H3/t26-,27-,28+,29-,30-/m1/s1. The van der Waals surface area contributed by atoms with Crippen molar-refractivity contribution in [1.82, 2.24) is 0 Å². The first-order chi connectivity index (χ1) is 20.5. The van der Waals surface area contributed by atoms with E-state index in [0.29, 0.717) is 11.5 Å². The smallest absolute Gasteiger partial charge is 0.303 e. The Hall–Kier alpha value is -4.49. The molecule has 2 aromatic carbocycles. The van der Waals surface area contributed by atoms with Gasteiger partial charge in [0.25, 0.3) is 0 Å². The molecule has 0 aliphatic carbocycles. The maximum absolute atomic E-state index is 13.2. The second-order valence-electron chi connectivity index (χ2n) is 9.44. The molecule has 1 fully saturated rings. The first-order valence-corrected chi connectivity index (χ1v) is 13.3. The zero-order valence-corrected chi connectivity index (χ0v) is 24.4. The normalized spacial score (nSPS) is 21.2. The summed E-state index contributed by atoms with van der Waals surface area (Å²) in [6, 6.07) is 14.0. The molecule has 0 N–H and O–H groups in total. The average molecular weight is 603 g/mol. The lowest BCUT2D eigenvalue weighted by atomic mass is 9.98. The number of benzene rings is 2. The van der Waals surface area contributed by atoms with Crippen LogP contribution in [0.3, 0.4) is 0 Å². The van der Waals surface area contributed by atoms with Gasteiger partial charge < -0.3 is 37.9 Å². The lowest BCUT2D eigenvalue weighted by Crippen LogP contribution is -2.63. The zero-order valence-electron chi connectivity index (χ0n) is 24.4. The van der Waals surface area contributed by atoms with Crippen LogP contribution in [0.25, 0.3) is 0 Å². The second-order valence-corrected chi connectivity index (χ2v) is 9.44. The molecule has 3 rings (SSSR count). The van der Waals surface area contributed by atoms with Gasteiger partial charge in [-0.3, -0.25) is 24.0 Å². The molecule has 1 heterocycles. The lowest BCUT2D eigenvalue weighted by Gasteiger charge is -2.43. The average Bonchev–Trinajstić information content (AvgIpc) is 2.96. The quantitative estimate of drug-likeness (QED) is 0.187. The molecule has 0 aromatic heterocycles. The number of ketones is 1. The lowest BCUT2D eigenvalue weighted by molar-refractivity contribution is -0.305. The summed E-state index contributed by atoms with van der Waals surface area (Å²) in [6.07, 6.45) is -6.90. The maximum atomic E-state index is 13.2. The monoisotopic (exact) mass is 602 g/mol. The third-order valence-corrected chi connectivity index (χ3v) is 6.05.